The fourth-order valence-corrected chi connectivity index (χ4v) is 1.67. The Morgan fingerprint density at radius 3 is 2.09 bits per heavy atom. The lowest BCUT2D eigenvalue weighted by atomic mass is 10.2. The van der Waals surface area contributed by atoms with E-state index in [2.05, 4.69) is 15.4 Å². The van der Waals surface area contributed by atoms with Gasteiger partial charge in [-0.1, -0.05) is 0 Å². The number of ether oxygens (including phenoxy) is 1. The number of benzene rings is 2. The molecule has 0 unspecified atom stereocenters. The molecule has 0 heterocycles. The van der Waals surface area contributed by atoms with Crippen LogP contribution >= 0.6 is 0 Å². The van der Waals surface area contributed by atoms with Crippen LogP contribution in [-0.4, -0.2) is 19.1 Å². The van der Waals surface area contributed by atoms with E-state index in [1.165, 1.54) is 37.4 Å². The first-order valence-corrected chi connectivity index (χ1v) is 6.21. The van der Waals surface area contributed by atoms with Gasteiger partial charge in [-0.3, -0.25) is 0 Å². The third-order valence-electron chi connectivity index (χ3n) is 2.74. The Bertz CT molecular complexity index is 702. The molecule has 2 aromatic rings. The number of nitrogens with one attached hydrogen (secondary N) is 2. The van der Waals surface area contributed by atoms with Gasteiger partial charge in [0.15, 0.2) is 11.6 Å². The number of rotatable bonds is 3. The van der Waals surface area contributed by atoms with Crippen molar-refractivity contribution in [3.8, 4) is 0 Å². The second-order valence-corrected chi connectivity index (χ2v) is 4.28. The van der Waals surface area contributed by atoms with E-state index in [0.717, 1.165) is 12.1 Å². The Labute approximate surface area is 124 Å². The predicted molar refractivity (Wildman–Crippen MR) is 76.8 cm³/mol. The van der Waals surface area contributed by atoms with Gasteiger partial charge in [0, 0.05) is 17.4 Å². The van der Waals surface area contributed by atoms with Gasteiger partial charge in [0.1, 0.15) is 0 Å². The third-order valence-corrected chi connectivity index (χ3v) is 2.74. The minimum absolute atomic E-state index is 0.114. The largest absolute Gasteiger partial charge is 0.465 e. The molecule has 5 nitrogen and oxygen atoms in total. The van der Waals surface area contributed by atoms with Crippen LogP contribution < -0.4 is 10.6 Å². The van der Waals surface area contributed by atoms with Crippen LogP contribution in [0.2, 0.25) is 0 Å². The number of halogens is 2. The lowest BCUT2D eigenvalue weighted by molar-refractivity contribution is 0.0600. The van der Waals surface area contributed by atoms with Crippen molar-refractivity contribution in [3.05, 3.63) is 59.7 Å². The second kappa shape index (κ2) is 6.66. The first-order valence-electron chi connectivity index (χ1n) is 6.21. The van der Waals surface area contributed by atoms with Crippen LogP contribution in [0.4, 0.5) is 25.0 Å². The zero-order valence-electron chi connectivity index (χ0n) is 11.5. The minimum Gasteiger partial charge on any atom is -0.465 e. The summed E-state index contributed by atoms with van der Waals surface area (Å²) in [4.78, 5) is 23.0. The Morgan fingerprint density at radius 2 is 1.50 bits per heavy atom. The molecular formula is C15H12F2N2O3. The fraction of sp³-hybridized carbons (Fsp3) is 0.0667. The Kier molecular flexibility index (Phi) is 4.67. The normalized spacial score (nSPS) is 9.95. The summed E-state index contributed by atoms with van der Waals surface area (Å²) in [6, 6.07) is 8.38. The molecule has 0 aliphatic rings. The lowest BCUT2D eigenvalue weighted by Gasteiger charge is -2.08. The third kappa shape index (κ3) is 3.78. The number of hydrogen-bond donors (Lipinski definition) is 2. The van der Waals surface area contributed by atoms with Crippen molar-refractivity contribution in [2.75, 3.05) is 17.7 Å². The Morgan fingerprint density at radius 1 is 0.909 bits per heavy atom. The highest BCUT2D eigenvalue weighted by atomic mass is 19.2. The number of hydrogen-bond acceptors (Lipinski definition) is 3. The van der Waals surface area contributed by atoms with E-state index in [9.17, 15) is 18.4 Å². The van der Waals surface area contributed by atoms with Crippen LogP contribution in [0.5, 0.6) is 0 Å². The van der Waals surface area contributed by atoms with E-state index in [1.807, 2.05) is 0 Å². The quantitative estimate of drug-likeness (QED) is 0.854. The van der Waals surface area contributed by atoms with Crippen LogP contribution in [0.1, 0.15) is 10.4 Å². The first-order chi connectivity index (χ1) is 10.5. The molecule has 0 aromatic heterocycles. The molecule has 0 spiro atoms. The second-order valence-electron chi connectivity index (χ2n) is 4.28. The summed E-state index contributed by atoms with van der Waals surface area (Å²) >= 11 is 0. The summed E-state index contributed by atoms with van der Waals surface area (Å²) in [7, 11) is 1.27. The maximum Gasteiger partial charge on any atom is 0.337 e. The van der Waals surface area contributed by atoms with Gasteiger partial charge in [0.2, 0.25) is 0 Å². The lowest BCUT2D eigenvalue weighted by Crippen LogP contribution is -2.19. The number of urea groups is 1. The van der Waals surface area contributed by atoms with E-state index in [4.69, 9.17) is 0 Å². The van der Waals surface area contributed by atoms with Crippen molar-refractivity contribution in [3.63, 3.8) is 0 Å². The van der Waals surface area contributed by atoms with Crippen molar-refractivity contribution in [2.45, 2.75) is 0 Å². The van der Waals surface area contributed by atoms with E-state index in [1.54, 1.807) is 0 Å². The maximum absolute atomic E-state index is 13.0. The number of amides is 2. The number of methoxy groups -OCH3 is 1. The molecule has 0 aliphatic heterocycles. The van der Waals surface area contributed by atoms with Crippen molar-refractivity contribution >= 4 is 23.4 Å². The number of carbonyl (C=O) groups excluding carboxylic acids is 2. The van der Waals surface area contributed by atoms with Gasteiger partial charge in [0.05, 0.1) is 12.7 Å². The van der Waals surface area contributed by atoms with Gasteiger partial charge < -0.3 is 15.4 Å². The molecule has 0 saturated heterocycles. The SMILES string of the molecule is COC(=O)c1ccc(NC(=O)Nc2ccc(F)c(F)c2)cc1. The molecule has 2 rings (SSSR count). The van der Waals surface area contributed by atoms with Crippen molar-refractivity contribution < 1.29 is 23.1 Å². The monoisotopic (exact) mass is 306 g/mol. The van der Waals surface area contributed by atoms with E-state index < -0.39 is 23.6 Å². The molecule has 22 heavy (non-hydrogen) atoms. The summed E-state index contributed by atoms with van der Waals surface area (Å²) in [5, 5.41) is 4.85. The highest BCUT2D eigenvalue weighted by molar-refractivity contribution is 6.00. The van der Waals surface area contributed by atoms with Crippen LogP contribution in [0.15, 0.2) is 42.5 Å². The van der Waals surface area contributed by atoms with Crippen LogP contribution in [0, 0.1) is 11.6 Å². The molecular weight excluding hydrogens is 294 g/mol. The highest BCUT2D eigenvalue weighted by Gasteiger charge is 2.08. The Balaban J connectivity index is 1.99. The topological polar surface area (TPSA) is 67.4 Å². The average Bonchev–Trinajstić information content (AvgIpc) is 2.51. The van der Waals surface area contributed by atoms with E-state index >= 15 is 0 Å². The van der Waals surface area contributed by atoms with Gasteiger partial charge in [-0.25, -0.2) is 18.4 Å². The summed E-state index contributed by atoms with van der Waals surface area (Å²) < 4.78 is 30.3. The Hall–Kier alpha value is -2.96. The molecule has 2 amide bonds. The molecule has 0 radical (unpaired) electrons. The zero-order valence-corrected chi connectivity index (χ0v) is 11.5. The van der Waals surface area contributed by atoms with Gasteiger partial charge in [0.25, 0.3) is 0 Å². The fourth-order valence-electron chi connectivity index (χ4n) is 1.67. The molecule has 7 heteroatoms. The van der Waals surface area contributed by atoms with Crippen LogP contribution in [-0.2, 0) is 4.74 Å². The van der Waals surface area contributed by atoms with Crippen molar-refractivity contribution in [1.82, 2.24) is 0 Å². The maximum atomic E-state index is 13.0. The van der Waals surface area contributed by atoms with Crippen LogP contribution in [0.25, 0.3) is 0 Å². The van der Waals surface area contributed by atoms with E-state index in [0.29, 0.717) is 11.3 Å². The molecule has 2 N–H and O–H groups in total. The minimum atomic E-state index is -1.06. The molecule has 114 valence electrons. The number of anilines is 2. The highest BCUT2D eigenvalue weighted by Crippen LogP contribution is 2.14. The molecule has 0 atom stereocenters. The smallest absolute Gasteiger partial charge is 0.337 e. The van der Waals surface area contributed by atoms with E-state index in [-0.39, 0.29) is 5.69 Å². The summed E-state index contributed by atoms with van der Waals surface area (Å²) in [5.74, 6) is -2.54. The summed E-state index contributed by atoms with van der Waals surface area (Å²) in [6.45, 7) is 0. The number of esters is 1. The summed E-state index contributed by atoms with van der Waals surface area (Å²) in [6.07, 6.45) is 0. The van der Waals surface area contributed by atoms with Crippen LogP contribution in [0.3, 0.4) is 0 Å². The summed E-state index contributed by atoms with van der Waals surface area (Å²) in [5.41, 5.74) is 0.879. The molecule has 0 aliphatic carbocycles. The first kappa shape index (κ1) is 15.4. The van der Waals surface area contributed by atoms with Gasteiger partial charge in [-0.2, -0.15) is 0 Å². The average molecular weight is 306 g/mol. The molecule has 0 saturated carbocycles. The van der Waals surface area contributed by atoms with Gasteiger partial charge in [-0.15, -0.1) is 0 Å². The van der Waals surface area contributed by atoms with Gasteiger partial charge >= 0.3 is 12.0 Å². The molecule has 2 aromatic carbocycles. The zero-order chi connectivity index (χ0) is 16.1. The standard InChI is InChI=1S/C15H12F2N2O3/c1-22-14(20)9-2-4-10(5-3-9)18-15(21)19-11-6-7-12(16)13(17)8-11/h2-8H,1H3,(H2,18,19,21). The number of carbonyl (C=O) groups is 2. The predicted octanol–water partition coefficient (Wildman–Crippen LogP) is 3.40. The van der Waals surface area contributed by atoms with Gasteiger partial charge in [-0.05, 0) is 36.4 Å². The molecule has 0 fully saturated rings. The molecule has 0 bridgehead atoms. The van der Waals surface area contributed by atoms with Crippen molar-refractivity contribution in [1.29, 1.82) is 0 Å². The van der Waals surface area contributed by atoms with Crippen molar-refractivity contribution in [2.24, 2.45) is 0 Å².